The molecule has 0 aliphatic carbocycles. The Morgan fingerprint density at radius 2 is 2.00 bits per heavy atom. The molecule has 3 rings (SSSR count). The highest BCUT2D eigenvalue weighted by atomic mass is 17.2. The van der Waals surface area contributed by atoms with E-state index in [4.69, 9.17) is 19.1 Å². The summed E-state index contributed by atoms with van der Waals surface area (Å²) in [5.41, 5.74) is 2.32. The SMILES string of the molecule is CCCc1cc(COOC)ccc1OC(C(=O)O)c1ccc2c(c1)OCO2. The number of fused-ring (bicyclic) bond motifs is 1. The summed E-state index contributed by atoms with van der Waals surface area (Å²) in [7, 11) is 1.45. The second kappa shape index (κ2) is 8.75. The van der Waals surface area contributed by atoms with Crippen molar-refractivity contribution in [2.24, 2.45) is 0 Å². The molecule has 1 aliphatic rings. The smallest absolute Gasteiger partial charge is 0.349 e. The van der Waals surface area contributed by atoms with E-state index < -0.39 is 12.1 Å². The molecule has 144 valence electrons. The molecule has 0 amide bonds. The lowest BCUT2D eigenvalue weighted by molar-refractivity contribution is -0.282. The molecule has 2 aromatic carbocycles. The van der Waals surface area contributed by atoms with Gasteiger partial charge in [0.25, 0.3) is 0 Å². The van der Waals surface area contributed by atoms with E-state index in [-0.39, 0.29) is 6.79 Å². The van der Waals surface area contributed by atoms with Crippen LogP contribution in [0.5, 0.6) is 17.2 Å². The molecule has 7 heteroatoms. The van der Waals surface area contributed by atoms with E-state index in [2.05, 4.69) is 11.8 Å². The number of carboxylic acid groups (broad SMARTS) is 1. The molecule has 0 spiro atoms. The fraction of sp³-hybridized carbons (Fsp3) is 0.350. The lowest BCUT2D eigenvalue weighted by atomic mass is 10.0. The van der Waals surface area contributed by atoms with Crippen LogP contribution in [0.2, 0.25) is 0 Å². The van der Waals surface area contributed by atoms with Gasteiger partial charge >= 0.3 is 5.97 Å². The molecule has 0 saturated carbocycles. The van der Waals surface area contributed by atoms with E-state index in [1.807, 2.05) is 12.1 Å². The molecule has 0 aromatic heterocycles. The molecule has 1 heterocycles. The van der Waals surface area contributed by atoms with Crippen LogP contribution < -0.4 is 14.2 Å². The van der Waals surface area contributed by atoms with E-state index in [1.165, 1.54) is 7.11 Å². The first-order valence-electron chi connectivity index (χ1n) is 8.68. The van der Waals surface area contributed by atoms with E-state index in [1.54, 1.807) is 24.3 Å². The molecule has 0 fully saturated rings. The monoisotopic (exact) mass is 374 g/mol. The van der Waals surface area contributed by atoms with Crippen LogP contribution in [-0.4, -0.2) is 25.0 Å². The standard InChI is InChI=1S/C20H22O7/c1-3-4-14-9-13(11-26-23-2)5-7-16(14)27-19(20(21)22)15-6-8-17-18(10-15)25-12-24-17/h5-10,19H,3-4,11-12H2,1-2H3,(H,21,22). The number of carbonyl (C=O) groups is 1. The van der Waals surface area contributed by atoms with E-state index in [0.717, 1.165) is 24.0 Å². The van der Waals surface area contributed by atoms with Crippen molar-refractivity contribution in [3.05, 3.63) is 53.1 Å². The van der Waals surface area contributed by atoms with Crippen molar-refractivity contribution in [2.75, 3.05) is 13.9 Å². The number of benzene rings is 2. The van der Waals surface area contributed by atoms with Crippen molar-refractivity contribution in [3.8, 4) is 17.2 Å². The Hall–Kier alpha value is -2.77. The third-order valence-corrected chi connectivity index (χ3v) is 4.16. The van der Waals surface area contributed by atoms with Gasteiger partial charge in [0.1, 0.15) is 12.4 Å². The predicted octanol–water partition coefficient (Wildman–Crippen LogP) is 3.65. The number of carboxylic acids is 1. The van der Waals surface area contributed by atoms with Gasteiger partial charge in [-0.1, -0.05) is 25.5 Å². The highest BCUT2D eigenvalue weighted by molar-refractivity contribution is 5.75. The van der Waals surface area contributed by atoms with Gasteiger partial charge in [-0.2, -0.15) is 0 Å². The summed E-state index contributed by atoms with van der Waals surface area (Å²) >= 11 is 0. The van der Waals surface area contributed by atoms with Gasteiger partial charge in [0.05, 0.1) is 7.11 Å². The average Bonchev–Trinajstić information content (AvgIpc) is 3.13. The molecule has 0 radical (unpaired) electrons. The summed E-state index contributed by atoms with van der Waals surface area (Å²) in [6.07, 6.45) is 0.493. The molecular weight excluding hydrogens is 352 g/mol. The van der Waals surface area contributed by atoms with Crippen LogP contribution >= 0.6 is 0 Å². The van der Waals surface area contributed by atoms with Crippen molar-refractivity contribution in [2.45, 2.75) is 32.5 Å². The Bertz CT molecular complexity index is 803. The zero-order valence-corrected chi connectivity index (χ0v) is 15.3. The van der Waals surface area contributed by atoms with Gasteiger partial charge in [-0.05, 0) is 41.8 Å². The first-order chi connectivity index (χ1) is 13.1. The summed E-state index contributed by atoms with van der Waals surface area (Å²) in [6.45, 7) is 2.48. The largest absolute Gasteiger partial charge is 0.478 e. The van der Waals surface area contributed by atoms with Crippen LogP contribution in [0.3, 0.4) is 0 Å². The Morgan fingerprint density at radius 3 is 2.74 bits per heavy atom. The Morgan fingerprint density at radius 1 is 1.19 bits per heavy atom. The minimum absolute atomic E-state index is 0.128. The van der Waals surface area contributed by atoms with Gasteiger partial charge in [0.2, 0.25) is 12.9 Å². The minimum Gasteiger partial charge on any atom is -0.478 e. The van der Waals surface area contributed by atoms with Crippen LogP contribution in [0, 0.1) is 0 Å². The maximum Gasteiger partial charge on any atom is 0.349 e. The third-order valence-electron chi connectivity index (χ3n) is 4.16. The minimum atomic E-state index is -1.16. The summed E-state index contributed by atoms with van der Waals surface area (Å²) in [6, 6.07) is 10.5. The third kappa shape index (κ3) is 4.50. The maximum atomic E-state index is 11.8. The van der Waals surface area contributed by atoms with E-state index >= 15 is 0 Å². The molecule has 2 aromatic rings. The number of hydrogen-bond donors (Lipinski definition) is 1. The van der Waals surface area contributed by atoms with Crippen molar-refractivity contribution < 1.29 is 33.9 Å². The number of aryl methyl sites for hydroxylation is 1. The van der Waals surface area contributed by atoms with Crippen LogP contribution in [0.15, 0.2) is 36.4 Å². The second-order valence-electron chi connectivity index (χ2n) is 6.07. The Labute approximate surface area is 157 Å². The van der Waals surface area contributed by atoms with Gasteiger partial charge in [-0.25, -0.2) is 14.6 Å². The average molecular weight is 374 g/mol. The summed E-state index contributed by atoms with van der Waals surface area (Å²) in [5, 5.41) is 9.69. The lowest BCUT2D eigenvalue weighted by Gasteiger charge is -2.19. The zero-order chi connectivity index (χ0) is 19.2. The van der Waals surface area contributed by atoms with Gasteiger partial charge in [0, 0.05) is 5.56 Å². The molecule has 1 unspecified atom stereocenters. The predicted molar refractivity (Wildman–Crippen MR) is 95.8 cm³/mol. The number of rotatable bonds is 9. The molecule has 1 N–H and O–H groups in total. The Kier molecular flexibility index (Phi) is 6.16. The topological polar surface area (TPSA) is 83.5 Å². The molecule has 0 bridgehead atoms. The van der Waals surface area contributed by atoms with E-state index in [0.29, 0.717) is 29.4 Å². The van der Waals surface area contributed by atoms with Crippen LogP contribution in [0.25, 0.3) is 0 Å². The van der Waals surface area contributed by atoms with Crippen molar-refractivity contribution >= 4 is 5.97 Å². The molecule has 0 saturated heterocycles. The van der Waals surface area contributed by atoms with Crippen LogP contribution in [0.1, 0.15) is 36.1 Å². The zero-order valence-electron chi connectivity index (χ0n) is 15.3. The lowest BCUT2D eigenvalue weighted by Crippen LogP contribution is -2.19. The number of ether oxygens (including phenoxy) is 3. The normalized spacial score (nSPS) is 13.4. The van der Waals surface area contributed by atoms with Crippen LogP contribution in [0.4, 0.5) is 0 Å². The van der Waals surface area contributed by atoms with Crippen LogP contribution in [-0.2, 0) is 27.6 Å². The highest BCUT2D eigenvalue weighted by Gasteiger charge is 2.26. The highest BCUT2D eigenvalue weighted by Crippen LogP contribution is 2.36. The van der Waals surface area contributed by atoms with Gasteiger partial charge in [-0.15, -0.1) is 0 Å². The van der Waals surface area contributed by atoms with E-state index in [9.17, 15) is 9.90 Å². The first kappa shape index (κ1) is 19.0. The Balaban J connectivity index is 1.86. The fourth-order valence-electron chi connectivity index (χ4n) is 2.89. The van der Waals surface area contributed by atoms with Gasteiger partial charge < -0.3 is 19.3 Å². The fourth-order valence-corrected chi connectivity index (χ4v) is 2.89. The molecular formula is C20H22O7. The molecule has 7 nitrogen and oxygen atoms in total. The number of hydrogen-bond acceptors (Lipinski definition) is 6. The summed E-state index contributed by atoms with van der Waals surface area (Å²) in [5.74, 6) is 0.562. The van der Waals surface area contributed by atoms with Gasteiger partial charge in [0.15, 0.2) is 11.5 Å². The van der Waals surface area contributed by atoms with Crippen molar-refractivity contribution in [1.29, 1.82) is 0 Å². The molecule has 1 aliphatic heterocycles. The van der Waals surface area contributed by atoms with Crippen molar-refractivity contribution in [1.82, 2.24) is 0 Å². The number of aliphatic carboxylic acids is 1. The molecule has 1 atom stereocenters. The summed E-state index contributed by atoms with van der Waals surface area (Å²) in [4.78, 5) is 21.4. The quantitative estimate of drug-likeness (QED) is 0.530. The summed E-state index contributed by atoms with van der Waals surface area (Å²) < 4.78 is 16.5. The second-order valence-corrected chi connectivity index (χ2v) is 6.07. The molecule has 27 heavy (non-hydrogen) atoms. The van der Waals surface area contributed by atoms with Crippen molar-refractivity contribution in [3.63, 3.8) is 0 Å². The first-order valence-corrected chi connectivity index (χ1v) is 8.68. The van der Waals surface area contributed by atoms with Gasteiger partial charge in [-0.3, -0.25) is 0 Å². The maximum absolute atomic E-state index is 11.8.